The monoisotopic (exact) mass is 297 g/mol. The molecule has 2 aliphatic heterocycles. The average molecular weight is 297 g/mol. The lowest BCUT2D eigenvalue weighted by atomic mass is 9.97. The maximum atomic E-state index is 13.0. The van der Waals surface area contributed by atoms with Crippen molar-refractivity contribution >= 4 is 16.8 Å². The first kappa shape index (κ1) is 13.5. The van der Waals surface area contributed by atoms with Crippen molar-refractivity contribution in [3.8, 4) is 0 Å². The zero-order valence-electron chi connectivity index (χ0n) is 12.8. The van der Waals surface area contributed by atoms with Gasteiger partial charge in [0, 0.05) is 6.54 Å². The number of carbonyl (C=O) groups excluding carboxylic acids is 1. The van der Waals surface area contributed by atoms with Gasteiger partial charge in [-0.05, 0) is 30.9 Å². The third-order valence-corrected chi connectivity index (χ3v) is 4.83. The smallest absolute Gasteiger partial charge is 0.262 e. The Bertz CT molecular complexity index is 824. The number of hydrogen-bond donors (Lipinski definition) is 0. The Morgan fingerprint density at radius 3 is 2.77 bits per heavy atom. The van der Waals surface area contributed by atoms with Gasteiger partial charge in [-0.25, -0.2) is 4.98 Å². The van der Waals surface area contributed by atoms with E-state index in [2.05, 4.69) is 0 Å². The highest BCUT2D eigenvalue weighted by atomic mass is 16.2. The molecule has 2 aromatic rings. The molecule has 0 spiro atoms. The lowest BCUT2D eigenvalue weighted by molar-refractivity contribution is -0.139. The molecule has 2 atom stereocenters. The zero-order chi connectivity index (χ0) is 15.4. The summed E-state index contributed by atoms with van der Waals surface area (Å²) < 4.78 is 1.67. The lowest BCUT2D eigenvalue weighted by Crippen LogP contribution is -2.49. The first-order valence-corrected chi connectivity index (χ1v) is 7.91. The molecule has 1 fully saturated rings. The largest absolute Gasteiger partial charge is 0.331 e. The fraction of sp³-hybridized carbons (Fsp3) is 0.471. The van der Waals surface area contributed by atoms with Crippen molar-refractivity contribution in [2.75, 3.05) is 6.54 Å². The standard InChI is InChI=1S/C17H19N3O2/c1-10(2)14-17(22)19-9-5-8-13(19)15-18-12-7-4-3-6-11(12)16(21)20(14)15/h3-4,6-7,10,13-14H,5,8-9H2,1-2H3. The summed E-state index contributed by atoms with van der Waals surface area (Å²) in [7, 11) is 0. The molecule has 0 aliphatic carbocycles. The summed E-state index contributed by atoms with van der Waals surface area (Å²) in [6, 6.07) is 6.92. The van der Waals surface area contributed by atoms with Gasteiger partial charge in [-0.1, -0.05) is 26.0 Å². The summed E-state index contributed by atoms with van der Waals surface area (Å²) in [5.41, 5.74) is 0.640. The molecule has 1 amide bonds. The van der Waals surface area contributed by atoms with Crippen molar-refractivity contribution < 1.29 is 4.79 Å². The van der Waals surface area contributed by atoms with E-state index in [4.69, 9.17) is 4.98 Å². The van der Waals surface area contributed by atoms with Gasteiger partial charge in [-0.15, -0.1) is 0 Å². The molecule has 1 saturated heterocycles. The lowest BCUT2D eigenvalue weighted by Gasteiger charge is -2.38. The van der Waals surface area contributed by atoms with E-state index in [-0.39, 0.29) is 23.4 Å². The normalized spacial score (nSPS) is 24.0. The van der Waals surface area contributed by atoms with Gasteiger partial charge < -0.3 is 4.90 Å². The van der Waals surface area contributed by atoms with Crippen LogP contribution in [0.25, 0.3) is 10.9 Å². The molecule has 0 saturated carbocycles. The fourth-order valence-corrected chi connectivity index (χ4v) is 3.83. The summed E-state index contributed by atoms with van der Waals surface area (Å²) >= 11 is 0. The number of amides is 1. The summed E-state index contributed by atoms with van der Waals surface area (Å²) in [6.07, 6.45) is 1.87. The fourth-order valence-electron chi connectivity index (χ4n) is 3.83. The molecule has 2 unspecified atom stereocenters. The Morgan fingerprint density at radius 1 is 1.23 bits per heavy atom. The number of fused-ring (bicyclic) bond motifs is 4. The molecule has 3 heterocycles. The predicted octanol–water partition coefficient (Wildman–Crippen LogP) is 2.27. The highest BCUT2D eigenvalue weighted by Gasteiger charge is 2.44. The molecule has 0 bridgehead atoms. The second kappa shape index (κ2) is 4.66. The second-order valence-electron chi connectivity index (χ2n) is 6.54. The highest BCUT2D eigenvalue weighted by Crippen LogP contribution is 2.39. The molecule has 5 nitrogen and oxygen atoms in total. The van der Waals surface area contributed by atoms with E-state index in [9.17, 15) is 9.59 Å². The molecule has 4 rings (SSSR count). The van der Waals surface area contributed by atoms with Gasteiger partial charge in [-0.3, -0.25) is 14.2 Å². The minimum Gasteiger partial charge on any atom is -0.331 e. The Hall–Kier alpha value is -2.17. The molecule has 22 heavy (non-hydrogen) atoms. The summed E-state index contributed by atoms with van der Waals surface area (Å²) in [6.45, 7) is 4.75. The van der Waals surface area contributed by atoms with Gasteiger partial charge in [0.25, 0.3) is 5.56 Å². The van der Waals surface area contributed by atoms with Gasteiger partial charge >= 0.3 is 0 Å². The minimum atomic E-state index is -0.436. The maximum Gasteiger partial charge on any atom is 0.262 e. The Kier molecular flexibility index (Phi) is 2.86. The van der Waals surface area contributed by atoms with Crippen molar-refractivity contribution in [3.05, 3.63) is 40.4 Å². The van der Waals surface area contributed by atoms with Crippen LogP contribution in [0.5, 0.6) is 0 Å². The van der Waals surface area contributed by atoms with Crippen LogP contribution in [0.3, 0.4) is 0 Å². The predicted molar refractivity (Wildman–Crippen MR) is 83.6 cm³/mol. The first-order chi connectivity index (χ1) is 10.6. The van der Waals surface area contributed by atoms with Gasteiger partial charge in [0.1, 0.15) is 11.9 Å². The Labute approximate surface area is 128 Å². The first-order valence-electron chi connectivity index (χ1n) is 7.91. The number of benzene rings is 1. The van der Waals surface area contributed by atoms with Crippen molar-refractivity contribution in [2.45, 2.75) is 38.8 Å². The molecular formula is C17H19N3O2. The van der Waals surface area contributed by atoms with E-state index < -0.39 is 6.04 Å². The molecule has 0 radical (unpaired) electrons. The third kappa shape index (κ3) is 1.68. The van der Waals surface area contributed by atoms with E-state index in [0.29, 0.717) is 5.39 Å². The topological polar surface area (TPSA) is 55.2 Å². The number of carbonyl (C=O) groups is 1. The second-order valence-corrected chi connectivity index (χ2v) is 6.54. The van der Waals surface area contributed by atoms with E-state index in [0.717, 1.165) is 30.7 Å². The van der Waals surface area contributed by atoms with Crippen LogP contribution in [-0.4, -0.2) is 26.9 Å². The van der Waals surface area contributed by atoms with Gasteiger partial charge in [0.2, 0.25) is 5.91 Å². The van der Waals surface area contributed by atoms with E-state index >= 15 is 0 Å². The molecule has 5 heteroatoms. The number of hydrogen-bond acceptors (Lipinski definition) is 3. The van der Waals surface area contributed by atoms with E-state index in [1.165, 1.54) is 0 Å². The number of rotatable bonds is 1. The highest BCUT2D eigenvalue weighted by molar-refractivity contribution is 5.84. The molecule has 1 aromatic heterocycles. The van der Waals surface area contributed by atoms with Gasteiger partial charge in [0.05, 0.1) is 16.9 Å². The minimum absolute atomic E-state index is 0.0418. The number of para-hydroxylation sites is 1. The summed E-state index contributed by atoms with van der Waals surface area (Å²) in [4.78, 5) is 32.5. The van der Waals surface area contributed by atoms with Crippen molar-refractivity contribution in [1.29, 1.82) is 0 Å². The SMILES string of the molecule is CC(C)C1C(=O)N2CCCC2c2nc3ccccc3c(=O)n21. The summed E-state index contributed by atoms with van der Waals surface area (Å²) in [5, 5.41) is 0.594. The van der Waals surface area contributed by atoms with Crippen LogP contribution < -0.4 is 5.56 Å². The number of aromatic nitrogens is 2. The molecule has 0 N–H and O–H groups in total. The van der Waals surface area contributed by atoms with E-state index in [1.54, 1.807) is 10.6 Å². The van der Waals surface area contributed by atoms with Crippen molar-refractivity contribution in [2.24, 2.45) is 5.92 Å². The molecule has 2 aliphatic rings. The van der Waals surface area contributed by atoms with Crippen LogP contribution in [0.2, 0.25) is 0 Å². The molecule has 1 aromatic carbocycles. The van der Waals surface area contributed by atoms with E-state index in [1.807, 2.05) is 36.9 Å². The zero-order valence-corrected chi connectivity index (χ0v) is 12.8. The molecule has 114 valence electrons. The van der Waals surface area contributed by atoms with Crippen LogP contribution >= 0.6 is 0 Å². The van der Waals surface area contributed by atoms with Crippen molar-refractivity contribution in [1.82, 2.24) is 14.5 Å². The quantitative estimate of drug-likeness (QED) is 0.811. The van der Waals surface area contributed by atoms with Crippen LogP contribution in [0, 0.1) is 5.92 Å². The van der Waals surface area contributed by atoms with Crippen LogP contribution in [-0.2, 0) is 4.79 Å². The van der Waals surface area contributed by atoms with Crippen LogP contribution in [0.15, 0.2) is 29.1 Å². The number of nitrogens with zero attached hydrogens (tertiary/aromatic N) is 3. The average Bonchev–Trinajstić information content (AvgIpc) is 2.99. The molecular weight excluding hydrogens is 278 g/mol. The Balaban J connectivity index is 2.08. The van der Waals surface area contributed by atoms with Gasteiger partial charge in [0.15, 0.2) is 0 Å². The Morgan fingerprint density at radius 2 is 2.00 bits per heavy atom. The van der Waals surface area contributed by atoms with Crippen LogP contribution in [0.4, 0.5) is 0 Å². The third-order valence-electron chi connectivity index (χ3n) is 4.83. The maximum absolute atomic E-state index is 13.0. The summed E-state index contributed by atoms with van der Waals surface area (Å²) in [5.74, 6) is 0.900. The van der Waals surface area contributed by atoms with Gasteiger partial charge in [-0.2, -0.15) is 0 Å². The van der Waals surface area contributed by atoms with Crippen molar-refractivity contribution in [3.63, 3.8) is 0 Å². The van der Waals surface area contributed by atoms with Crippen LogP contribution in [0.1, 0.15) is 44.6 Å².